The van der Waals surface area contributed by atoms with Crippen molar-refractivity contribution in [3.05, 3.63) is 40.5 Å². The molecule has 0 atom stereocenters. The zero-order valence-electron chi connectivity index (χ0n) is 10.9. The molecule has 1 aromatic carbocycles. The minimum atomic E-state index is -3.82. The number of anilines is 1. The summed E-state index contributed by atoms with van der Waals surface area (Å²) < 4.78 is 42.0. The number of hydrogen-bond acceptors (Lipinski definition) is 3. The molecule has 0 aliphatic carbocycles. The number of nitrogens with one attached hydrogen (secondary N) is 1. The first-order chi connectivity index (χ1) is 9.33. The van der Waals surface area contributed by atoms with E-state index >= 15 is 0 Å². The van der Waals surface area contributed by atoms with Gasteiger partial charge in [0.15, 0.2) is 5.03 Å². The maximum atomic E-state index is 13.4. The van der Waals surface area contributed by atoms with Gasteiger partial charge in [-0.2, -0.15) is 8.42 Å². The molecule has 0 bridgehead atoms. The summed E-state index contributed by atoms with van der Waals surface area (Å²) in [4.78, 5) is 4.00. The molecule has 0 unspecified atom stereocenters. The van der Waals surface area contributed by atoms with Crippen LogP contribution in [0.2, 0.25) is 0 Å². The number of halogens is 2. The van der Waals surface area contributed by atoms with Crippen LogP contribution in [0.1, 0.15) is 12.7 Å². The molecule has 0 aliphatic heterocycles. The molecule has 1 heterocycles. The highest BCUT2D eigenvalue weighted by atomic mass is 79.9. The van der Waals surface area contributed by atoms with Crippen LogP contribution in [0.25, 0.3) is 0 Å². The van der Waals surface area contributed by atoms with Gasteiger partial charge in [0.2, 0.25) is 0 Å². The molecule has 0 radical (unpaired) electrons. The van der Waals surface area contributed by atoms with Gasteiger partial charge in [-0.05, 0) is 48.0 Å². The lowest BCUT2D eigenvalue weighted by Gasteiger charge is -2.06. The average Bonchev–Trinajstić information content (AvgIpc) is 2.76. The van der Waals surface area contributed by atoms with Crippen molar-refractivity contribution in [2.75, 3.05) is 4.72 Å². The van der Waals surface area contributed by atoms with Crippen LogP contribution < -0.4 is 4.72 Å². The number of rotatable bonds is 4. The monoisotopic (exact) mass is 361 g/mol. The van der Waals surface area contributed by atoms with Crippen molar-refractivity contribution < 1.29 is 12.8 Å². The average molecular weight is 362 g/mol. The molecule has 1 N–H and O–H groups in total. The maximum absolute atomic E-state index is 13.4. The largest absolute Gasteiger partial charge is 0.334 e. The molecule has 0 aliphatic rings. The van der Waals surface area contributed by atoms with Gasteiger partial charge in [-0.1, -0.05) is 0 Å². The molecule has 0 spiro atoms. The number of aryl methyl sites for hydroxylation is 2. The first kappa shape index (κ1) is 15.0. The van der Waals surface area contributed by atoms with Crippen molar-refractivity contribution in [2.24, 2.45) is 0 Å². The summed E-state index contributed by atoms with van der Waals surface area (Å²) in [5.74, 6) is 0.0651. The van der Waals surface area contributed by atoms with E-state index in [-0.39, 0.29) is 15.2 Å². The van der Waals surface area contributed by atoms with Gasteiger partial charge in [0.05, 0.1) is 10.2 Å². The Kier molecular flexibility index (Phi) is 4.14. The van der Waals surface area contributed by atoms with Gasteiger partial charge in [-0.15, -0.1) is 0 Å². The van der Waals surface area contributed by atoms with E-state index < -0.39 is 15.8 Å². The third-order valence-corrected chi connectivity index (χ3v) is 4.64. The first-order valence-electron chi connectivity index (χ1n) is 5.85. The van der Waals surface area contributed by atoms with Gasteiger partial charge in [-0.3, -0.25) is 4.72 Å². The standard InChI is InChI=1S/C12H13BrFN3O2S/c1-3-17-7-12(15-8(17)2)20(18,19)16-9-4-5-10(13)11(14)6-9/h4-7,16H,3H2,1-2H3. The molecule has 5 nitrogen and oxygen atoms in total. The van der Waals surface area contributed by atoms with Crippen molar-refractivity contribution in [2.45, 2.75) is 25.4 Å². The van der Waals surface area contributed by atoms with Crippen LogP contribution >= 0.6 is 15.9 Å². The Hall–Kier alpha value is -1.41. The minimum absolute atomic E-state index is 0.0832. The zero-order chi connectivity index (χ0) is 14.9. The molecule has 0 amide bonds. The predicted molar refractivity (Wildman–Crippen MR) is 77.5 cm³/mol. The lowest BCUT2D eigenvalue weighted by atomic mass is 10.3. The van der Waals surface area contributed by atoms with Crippen LogP contribution in [0.5, 0.6) is 0 Å². The number of benzene rings is 1. The van der Waals surface area contributed by atoms with Crippen molar-refractivity contribution in [3.63, 3.8) is 0 Å². The summed E-state index contributed by atoms with van der Waals surface area (Å²) in [6, 6.07) is 4.00. The summed E-state index contributed by atoms with van der Waals surface area (Å²) >= 11 is 3.01. The number of aromatic nitrogens is 2. The minimum Gasteiger partial charge on any atom is -0.334 e. The van der Waals surface area contributed by atoms with Gasteiger partial charge in [0.1, 0.15) is 11.6 Å². The van der Waals surface area contributed by atoms with E-state index in [0.29, 0.717) is 12.4 Å². The lowest BCUT2D eigenvalue weighted by molar-refractivity contribution is 0.597. The normalized spacial score (nSPS) is 11.6. The fourth-order valence-electron chi connectivity index (χ4n) is 1.70. The highest BCUT2D eigenvalue weighted by Crippen LogP contribution is 2.21. The second-order valence-electron chi connectivity index (χ2n) is 4.15. The van der Waals surface area contributed by atoms with E-state index in [0.717, 1.165) is 6.07 Å². The summed E-state index contributed by atoms with van der Waals surface area (Å²) in [5.41, 5.74) is 0.148. The Bertz CT molecular complexity index is 743. The van der Waals surface area contributed by atoms with Crippen molar-refractivity contribution in [1.82, 2.24) is 9.55 Å². The van der Waals surface area contributed by atoms with Crippen LogP contribution in [0.4, 0.5) is 10.1 Å². The summed E-state index contributed by atoms with van der Waals surface area (Å²) in [6.07, 6.45) is 1.45. The van der Waals surface area contributed by atoms with Crippen LogP contribution in [0.3, 0.4) is 0 Å². The van der Waals surface area contributed by atoms with E-state index in [2.05, 4.69) is 25.6 Å². The summed E-state index contributed by atoms with van der Waals surface area (Å²) in [6.45, 7) is 4.24. The molecule has 108 valence electrons. The molecule has 8 heteroatoms. The van der Waals surface area contributed by atoms with Gasteiger partial charge in [-0.25, -0.2) is 9.37 Å². The van der Waals surface area contributed by atoms with E-state index in [1.807, 2.05) is 6.92 Å². The third-order valence-electron chi connectivity index (χ3n) is 2.74. The van der Waals surface area contributed by atoms with Crippen LogP contribution in [-0.2, 0) is 16.6 Å². The molecule has 0 fully saturated rings. The Morgan fingerprint density at radius 2 is 2.15 bits per heavy atom. The van der Waals surface area contributed by atoms with Gasteiger partial charge in [0.25, 0.3) is 10.0 Å². The Morgan fingerprint density at radius 1 is 1.45 bits per heavy atom. The van der Waals surface area contributed by atoms with Crippen molar-refractivity contribution in [3.8, 4) is 0 Å². The topological polar surface area (TPSA) is 64.0 Å². The number of hydrogen-bond donors (Lipinski definition) is 1. The third kappa shape index (κ3) is 3.01. The van der Waals surface area contributed by atoms with E-state index in [1.165, 1.54) is 18.3 Å². The maximum Gasteiger partial charge on any atom is 0.280 e. The fraction of sp³-hybridized carbons (Fsp3) is 0.250. The molecule has 0 saturated carbocycles. The Balaban J connectivity index is 2.32. The second-order valence-corrected chi connectivity index (χ2v) is 6.63. The summed E-state index contributed by atoms with van der Waals surface area (Å²) in [7, 11) is -3.82. The molecule has 2 aromatic rings. The van der Waals surface area contributed by atoms with Crippen LogP contribution in [0, 0.1) is 12.7 Å². The number of nitrogens with zero attached hydrogens (tertiary/aromatic N) is 2. The molecule has 2 rings (SSSR count). The SMILES string of the molecule is CCn1cc(S(=O)(=O)Nc2ccc(Br)c(F)c2)nc1C. The predicted octanol–water partition coefficient (Wildman–Crippen LogP) is 2.91. The van der Waals surface area contributed by atoms with E-state index in [1.54, 1.807) is 11.5 Å². The van der Waals surface area contributed by atoms with Crippen LogP contribution in [0.15, 0.2) is 33.9 Å². The Morgan fingerprint density at radius 3 is 2.70 bits per heavy atom. The fourth-order valence-corrected chi connectivity index (χ4v) is 3.00. The number of sulfonamides is 1. The quantitative estimate of drug-likeness (QED) is 0.910. The Labute approximate surface area is 125 Å². The van der Waals surface area contributed by atoms with Crippen molar-refractivity contribution in [1.29, 1.82) is 0 Å². The van der Waals surface area contributed by atoms with Crippen molar-refractivity contribution >= 4 is 31.6 Å². The van der Waals surface area contributed by atoms with Gasteiger partial charge >= 0.3 is 0 Å². The van der Waals surface area contributed by atoms with Gasteiger partial charge in [0, 0.05) is 12.7 Å². The lowest BCUT2D eigenvalue weighted by Crippen LogP contribution is -2.13. The second kappa shape index (κ2) is 5.53. The molecular formula is C12H13BrFN3O2S. The van der Waals surface area contributed by atoms with E-state index in [4.69, 9.17) is 0 Å². The molecular weight excluding hydrogens is 349 g/mol. The van der Waals surface area contributed by atoms with Crippen LogP contribution in [-0.4, -0.2) is 18.0 Å². The van der Waals surface area contributed by atoms with E-state index in [9.17, 15) is 12.8 Å². The highest BCUT2D eigenvalue weighted by molar-refractivity contribution is 9.10. The zero-order valence-corrected chi connectivity index (χ0v) is 13.3. The molecule has 0 saturated heterocycles. The molecule has 20 heavy (non-hydrogen) atoms. The summed E-state index contributed by atoms with van der Waals surface area (Å²) in [5, 5.41) is -0.0832. The first-order valence-corrected chi connectivity index (χ1v) is 8.12. The number of imidazole rings is 1. The smallest absolute Gasteiger partial charge is 0.280 e. The highest BCUT2D eigenvalue weighted by Gasteiger charge is 2.19. The van der Waals surface area contributed by atoms with Gasteiger partial charge < -0.3 is 4.57 Å². The molecule has 1 aromatic heterocycles.